The van der Waals surface area contributed by atoms with Gasteiger partial charge in [-0.1, -0.05) is 60.1 Å². The van der Waals surface area contributed by atoms with E-state index in [4.69, 9.17) is 21.4 Å². The number of hydrogen-bond donors (Lipinski definition) is 1. The Morgan fingerprint density at radius 3 is 2.35 bits per heavy atom. The topological polar surface area (TPSA) is 46.5 Å². The maximum atomic E-state index is 10.6. The van der Waals surface area contributed by atoms with Crippen molar-refractivity contribution in [2.24, 2.45) is 0 Å². The summed E-state index contributed by atoms with van der Waals surface area (Å²) in [5, 5.41) is 9.40. The van der Waals surface area contributed by atoms with Crippen molar-refractivity contribution in [3.8, 4) is 16.9 Å². The summed E-state index contributed by atoms with van der Waals surface area (Å²) >= 11 is 6.31. The minimum Gasteiger partial charge on any atom is -0.489 e. The lowest BCUT2D eigenvalue weighted by atomic mass is 10.0. The number of carbonyl (C=O) groups is 1. The van der Waals surface area contributed by atoms with Gasteiger partial charge in [0, 0.05) is 17.0 Å². The van der Waals surface area contributed by atoms with Gasteiger partial charge in [0.15, 0.2) is 0 Å². The molecular weight excluding hydrogens is 348 g/mol. The molecule has 0 heterocycles. The van der Waals surface area contributed by atoms with Gasteiger partial charge in [-0.05, 0) is 47.4 Å². The number of benzene rings is 3. The summed E-state index contributed by atoms with van der Waals surface area (Å²) in [7, 11) is 0. The number of carboxylic acids is 1. The highest BCUT2D eigenvalue weighted by molar-refractivity contribution is 6.31. The van der Waals surface area contributed by atoms with Gasteiger partial charge in [-0.2, -0.15) is 0 Å². The Morgan fingerprint density at radius 1 is 0.923 bits per heavy atom. The van der Waals surface area contributed by atoms with Crippen LogP contribution in [-0.2, 0) is 17.8 Å². The zero-order chi connectivity index (χ0) is 18.4. The quantitative estimate of drug-likeness (QED) is 0.591. The minimum atomic E-state index is -0.793. The van der Waals surface area contributed by atoms with Gasteiger partial charge in [0.05, 0.1) is 0 Å². The highest BCUT2D eigenvalue weighted by Crippen LogP contribution is 2.26. The van der Waals surface area contributed by atoms with Crippen LogP contribution >= 0.6 is 11.6 Å². The first-order chi connectivity index (χ1) is 12.6. The van der Waals surface area contributed by atoms with Crippen LogP contribution in [0.5, 0.6) is 5.75 Å². The van der Waals surface area contributed by atoms with E-state index in [0.29, 0.717) is 18.1 Å². The number of ether oxygens (including phenoxy) is 1. The Balaban J connectivity index is 1.67. The standard InChI is InChI=1S/C22H19ClO3/c23-21-12-9-18(17-4-2-1-3-5-17)14-19(21)15-26-20-10-6-16(7-11-20)8-13-22(24)25/h1-7,9-12,14H,8,13,15H2,(H,24,25). The molecule has 3 aromatic carbocycles. The molecule has 0 saturated carbocycles. The highest BCUT2D eigenvalue weighted by atomic mass is 35.5. The molecule has 4 heteroatoms. The van der Waals surface area contributed by atoms with Crippen LogP contribution in [0.25, 0.3) is 11.1 Å². The first kappa shape index (κ1) is 18.0. The number of aliphatic carboxylic acids is 1. The van der Waals surface area contributed by atoms with Gasteiger partial charge in [0.2, 0.25) is 0 Å². The van der Waals surface area contributed by atoms with Gasteiger partial charge in [0.25, 0.3) is 0 Å². The van der Waals surface area contributed by atoms with Crippen LogP contribution in [0.15, 0.2) is 72.8 Å². The van der Waals surface area contributed by atoms with Crippen LogP contribution in [0, 0.1) is 0 Å². The predicted molar refractivity (Wildman–Crippen MR) is 104 cm³/mol. The molecule has 0 aliphatic carbocycles. The smallest absolute Gasteiger partial charge is 0.303 e. The maximum Gasteiger partial charge on any atom is 0.303 e. The number of halogens is 1. The summed E-state index contributed by atoms with van der Waals surface area (Å²) in [6.07, 6.45) is 0.642. The molecule has 3 rings (SSSR count). The third-order valence-corrected chi connectivity index (χ3v) is 4.47. The molecule has 3 nitrogen and oxygen atoms in total. The number of rotatable bonds is 7. The van der Waals surface area contributed by atoms with Gasteiger partial charge in [0.1, 0.15) is 12.4 Å². The van der Waals surface area contributed by atoms with E-state index in [-0.39, 0.29) is 6.42 Å². The molecule has 26 heavy (non-hydrogen) atoms. The molecule has 0 spiro atoms. The van der Waals surface area contributed by atoms with E-state index >= 15 is 0 Å². The third kappa shape index (κ3) is 4.87. The fourth-order valence-electron chi connectivity index (χ4n) is 2.66. The van der Waals surface area contributed by atoms with Gasteiger partial charge < -0.3 is 9.84 Å². The summed E-state index contributed by atoms with van der Waals surface area (Å²) in [5.41, 5.74) is 4.12. The van der Waals surface area contributed by atoms with Gasteiger partial charge in [-0.3, -0.25) is 4.79 Å². The molecule has 0 bridgehead atoms. The monoisotopic (exact) mass is 366 g/mol. The van der Waals surface area contributed by atoms with Crippen molar-refractivity contribution in [2.75, 3.05) is 0 Å². The summed E-state index contributed by atoms with van der Waals surface area (Å²) in [5.74, 6) is -0.0662. The van der Waals surface area contributed by atoms with Crippen LogP contribution in [0.4, 0.5) is 0 Å². The Labute approximate surface area is 157 Å². The molecule has 132 valence electrons. The van der Waals surface area contributed by atoms with E-state index in [9.17, 15) is 4.79 Å². The van der Waals surface area contributed by atoms with Crippen LogP contribution in [0.1, 0.15) is 17.5 Å². The molecule has 1 N–H and O–H groups in total. The fraction of sp³-hybridized carbons (Fsp3) is 0.136. The lowest BCUT2D eigenvalue weighted by Gasteiger charge is -2.11. The summed E-state index contributed by atoms with van der Waals surface area (Å²) in [6.45, 7) is 0.369. The summed E-state index contributed by atoms with van der Waals surface area (Å²) in [4.78, 5) is 10.6. The van der Waals surface area contributed by atoms with Gasteiger partial charge in [-0.15, -0.1) is 0 Å². The van der Waals surface area contributed by atoms with Crippen molar-refractivity contribution >= 4 is 17.6 Å². The molecule has 0 atom stereocenters. The van der Waals surface area contributed by atoms with Gasteiger partial charge >= 0.3 is 5.97 Å². The van der Waals surface area contributed by atoms with Crippen molar-refractivity contribution in [1.82, 2.24) is 0 Å². The zero-order valence-corrected chi connectivity index (χ0v) is 14.9. The third-order valence-electron chi connectivity index (χ3n) is 4.10. The Hall–Kier alpha value is -2.78. The van der Waals surface area contributed by atoms with Crippen LogP contribution in [-0.4, -0.2) is 11.1 Å². The second-order valence-electron chi connectivity index (χ2n) is 6.00. The molecule has 0 radical (unpaired) electrons. The second-order valence-corrected chi connectivity index (χ2v) is 6.41. The van der Waals surface area contributed by atoms with Crippen molar-refractivity contribution in [2.45, 2.75) is 19.4 Å². The molecule has 0 aliphatic rings. The van der Waals surface area contributed by atoms with Crippen molar-refractivity contribution in [1.29, 1.82) is 0 Å². The van der Waals surface area contributed by atoms with Crippen molar-refractivity contribution in [3.63, 3.8) is 0 Å². The first-order valence-corrected chi connectivity index (χ1v) is 8.77. The molecule has 0 aromatic heterocycles. The van der Waals surface area contributed by atoms with Crippen LogP contribution in [0.2, 0.25) is 5.02 Å². The van der Waals surface area contributed by atoms with E-state index in [0.717, 1.165) is 28.0 Å². The molecule has 0 fully saturated rings. The molecule has 0 amide bonds. The summed E-state index contributed by atoms with van der Waals surface area (Å²) < 4.78 is 5.84. The first-order valence-electron chi connectivity index (χ1n) is 8.39. The fourth-order valence-corrected chi connectivity index (χ4v) is 2.83. The SMILES string of the molecule is O=C(O)CCc1ccc(OCc2cc(-c3ccccc3)ccc2Cl)cc1. The van der Waals surface area contributed by atoms with E-state index < -0.39 is 5.97 Å². The van der Waals surface area contributed by atoms with Crippen LogP contribution < -0.4 is 4.74 Å². The molecular formula is C22H19ClO3. The second kappa shape index (κ2) is 8.54. The predicted octanol–water partition coefficient (Wildman–Crippen LogP) is 5.60. The minimum absolute atomic E-state index is 0.127. The van der Waals surface area contributed by atoms with Crippen molar-refractivity contribution in [3.05, 3.63) is 88.9 Å². The Morgan fingerprint density at radius 2 is 1.65 bits per heavy atom. The number of carboxylic acid groups (broad SMARTS) is 1. The maximum absolute atomic E-state index is 10.6. The molecule has 0 saturated heterocycles. The Bertz CT molecular complexity index is 874. The largest absolute Gasteiger partial charge is 0.489 e. The lowest BCUT2D eigenvalue weighted by molar-refractivity contribution is -0.136. The molecule has 3 aromatic rings. The molecule has 0 unspecified atom stereocenters. The molecule has 0 aliphatic heterocycles. The van der Waals surface area contributed by atoms with Gasteiger partial charge in [-0.25, -0.2) is 0 Å². The van der Waals surface area contributed by atoms with E-state index in [1.165, 1.54) is 0 Å². The number of hydrogen-bond acceptors (Lipinski definition) is 2. The van der Waals surface area contributed by atoms with Crippen molar-refractivity contribution < 1.29 is 14.6 Å². The average Bonchev–Trinajstić information content (AvgIpc) is 2.67. The van der Waals surface area contributed by atoms with E-state index in [2.05, 4.69) is 12.1 Å². The van der Waals surface area contributed by atoms with E-state index in [1.807, 2.05) is 60.7 Å². The van der Waals surface area contributed by atoms with E-state index in [1.54, 1.807) is 0 Å². The average molecular weight is 367 g/mol. The Kier molecular flexibility index (Phi) is 5.92. The summed E-state index contributed by atoms with van der Waals surface area (Å²) in [6, 6.07) is 23.5. The normalized spacial score (nSPS) is 10.5. The highest BCUT2D eigenvalue weighted by Gasteiger charge is 2.06. The number of aryl methyl sites for hydroxylation is 1. The van der Waals surface area contributed by atoms with Crippen LogP contribution in [0.3, 0.4) is 0 Å². The lowest BCUT2D eigenvalue weighted by Crippen LogP contribution is -1.99. The zero-order valence-electron chi connectivity index (χ0n) is 14.2.